The lowest BCUT2D eigenvalue weighted by Crippen LogP contribution is -2.22. The first-order valence-corrected chi connectivity index (χ1v) is 8.38. The third kappa shape index (κ3) is 4.87. The molecule has 0 unspecified atom stereocenters. The summed E-state index contributed by atoms with van der Waals surface area (Å²) in [5, 5.41) is 0. The Morgan fingerprint density at radius 1 is 1.14 bits per heavy atom. The third-order valence-electron chi connectivity index (χ3n) is 4.82. The van der Waals surface area contributed by atoms with Crippen LogP contribution in [0.2, 0.25) is 0 Å². The zero-order valence-corrected chi connectivity index (χ0v) is 13.4. The van der Waals surface area contributed by atoms with Crippen LogP contribution < -0.4 is 4.74 Å². The number of benzene rings is 1. The summed E-state index contributed by atoms with van der Waals surface area (Å²) >= 11 is 0. The molecule has 0 atom stereocenters. The molecule has 2 rings (SSSR count). The lowest BCUT2D eigenvalue weighted by Gasteiger charge is -2.27. The van der Waals surface area contributed by atoms with E-state index >= 15 is 0 Å². The van der Waals surface area contributed by atoms with Crippen molar-refractivity contribution in [3.8, 4) is 5.75 Å². The number of Topliss-reactive ketones (excluding diaryl/α,β-unsaturated/α-hetero) is 1. The van der Waals surface area contributed by atoms with Gasteiger partial charge in [-0.2, -0.15) is 0 Å². The first-order valence-electron chi connectivity index (χ1n) is 8.38. The minimum absolute atomic E-state index is 0.330. The second kappa shape index (κ2) is 8.21. The molecule has 0 aliphatic heterocycles. The summed E-state index contributed by atoms with van der Waals surface area (Å²) in [6.45, 7) is 2.26. The van der Waals surface area contributed by atoms with E-state index in [1.807, 2.05) is 12.1 Å². The van der Waals surface area contributed by atoms with E-state index in [1.54, 1.807) is 7.11 Å². The monoisotopic (exact) mass is 288 g/mol. The van der Waals surface area contributed by atoms with Crippen molar-refractivity contribution in [2.24, 2.45) is 11.8 Å². The predicted molar refractivity (Wildman–Crippen MR) is 86.7 cm³/mol. The van der Waals surface area contributed by atoms with Gasteiger partial charge in [0, 0.05) is 12.3 Å². The van der Waals surface area contributed by atoms with Crippen molar-refractivity contribution < 1.29 is 9.53 Å². The van der Waals surface area contributed by atoms with E-state index in [2.05, 4.69) is 19.1 Å². The SMILES string of the molecule is CCCC1CCC(C(=O)CCc2ccc(OC)cc2)CC1. The van der Waals surface area contributed by atoms with Crippen molar-refractivity contribution in [1.29, 1.82) is 0 Å². The summed E-state index contributed by atoms with van der Waals surface area (Å²) in [5.41, 5.74) is 1.23. The van der Waals surface area contributed by atoms with E-state index in [-0.39, 0.29) is 0 Å². The molecule has 1 aliphatic rings. The van der Waals surface area contributed by atoms with Crippen LogP contribution in [-0.4, -0.2) is 12.9 Å². The van der Waals surface area contributed by atoms with Crippen molar-refractivity contribution in [1.82, 2.24) is 0 Å². The summed E-state index contributed by atoms with van der Waals surface area (Å²) in [6.07, 6.45) is 8.92. The average molecular weight is 288 g/mol. The summed E-state index contributed by atoms with van der Waals surface area (Å²) in [6, 6.07) is 8.06. The number of carbonyl (C=O) groups excluding carboxylic acids is 1. The highest BCUT2D eigenvalue weighted by Crippen LogP contribution is 2.32. The van der Waals surface area contributed by atoms with Gasteiger partial charge in [0.2, 0.25) is 0 Å². The minimum atomic E-state index is 0.330. The first-order chi connectivity index (χ1) is 10.2. The Labute approximate surface area is 128 Å². The zero-order valence-electron chi connectivity index (χ0n) is 13.4. The van der Waals surface area contributed by atoms with Gasteiger partial charge in [0.15, 0.2) is 0 Å². The molecule has 2 heteroatoms. The second-order valence-electron chi connectivity index (χ2n) is 6.32. The number of hydrogen-bond acceptors (Lipinski definition) is 2. The molecule has 21 heavy (non-hydrogen) atoms. The second-order valence-corrected chi connectivity index (χ2v) is 6.32. The molecule has 0 bridgehead atoms. The van der Waals surface area contributed by atoms with Crippen LogP contribution in [0.1, 0.15) is 57.4 Å². The van der Waals surface area contributed by atoms with E-state index < -0.39 is 0 Å². The Kier molecular flexibility index (Phi) is 6.28. The Morgan fingerprint density at radius 3 is 2.38 bits per heavy atom. The molecular weight excluding hydrogens is 260 g/mol. The highest BCUT2D eigenvalue weighted by atomic mass is 16.5. The van der Waals surface area contributed by atoms with Crippen LogP contribution in [0.3, 0.4) is 0 Å². The standard InChI is InChI=1S/C19H28O2/c1-3-4-15-5-10-17(11-6-15)19(20)14-9-16-7-12-18(21-2)13-8-16/h7-8,12-13,15,17H,3-6,9-11,14H2,1-2H3. The molecule has 0 N–H and O–H groups in total. The van der Waals surface area contributed by atoms with Gasteiger partial charge in [-0.1, -0.05) is 31.9 Å². The van der Waals surface area contributed by atoms with Gasteiger partial charge in [-0.25, -0.2) is 0 Å². The molecule has 0 amide bonds. The van der Waals surface area contributed by atoms with Crippen molar-refractivity contribution in [3.63, 3.8) is 0 Å². The van der Waals surface area contributed by atoms with Crippen LogP contribution in [0.25, 0.3) is 0 Å². The van der Waals surface area contributed by atoms with E-state index in [0.29, 0.717) is 18.1 Å². The van der Waals surface area contributed by atoms with E-state index in [4.69, 9.17) is 4.74 Å². The maximum absolute atomic E-state index is 12.3. The van der Waals surface area contributed by atoms with E-state index in [0.717, 1.165) is 30.9 Å². The lowest BCUT2D eigenvalue weighted by atomic mass is 9.77. The smallest absolute Gasteiger partial charge is 0.136 e. The molecule has 1 saturated carbocycles. The Hall–Kier alpha value is -1.31. The van der Waals surface area contributed by atoms with E-state index in [9.17, 15) is 4.79 Å². The Bertz CT molecular complexity index is 427. The van der Waals surface area contributed by atoms with Gasteiger partial charge < -0.3 is 4.74 Å². The lowest BCUT2D eigenvalue weighted by molar-refractivity contribution is -0.124. The van der Waals surface area contributed by atoms with Gasteiger partial charge in [0.1, 0.15) is 11.5 Å². The maximum atomic E-state index is 12.3. The number of methoxy groups -OCH3 is 1. The molecule has 0 radical (unpaired) electrons. The average Bonchev–Trinajstić information content (AvgIpc) is 2.54. The van der Waals surface area contributed by atoms with E-state index in [1.165, 1.54) is 31.2 Å². The minimum Gasteiger partial charge on any atom is -0.497 e. The summed E-state index contributed by atoms with van der Waals surface area (Å²) in [5.74, 6) is 2.55. The van der Waals surface area contributed by atoms with Gasteiger partial charge in [-0.3, -0.25) is 4.79 Å². The van der Waals surface area contributed by atoms with Crippen LogP contribution in [0.15, 0.2) is 24.3 Å². The quantitative estimate of drug-likeness (QED) is 0.720. The Morgan fingerprint density at radius 2 is 1.81 bits per heavy atom. The van der Waals surface area contributed by atoms with Gasteiger partial charge in [-0.05, 0) is 55.7 Å². The zero-order chi connectivity index (χ0) is 15.1. The molecule has 1 aromatic carbocycles. The molecule has 0 aromatic heterocycles. The topological polar surface area (TPSA) is 26.3 Å². The number of rotatable bonds is 7. The summed E-state index contributed by atoms with van der Waals surface area (Å²) < 4.78 is 5.15. The molecule has 1 aromatic rings. The highest BCUT2D eigenvalue weighted by molar-refractivity contribution is 5.81. The number of ketones is 1. The maximum Gasteiger partial charge on any atom is 0.136 e. The number of aryl methyl sites for hydroxylation is 1. The molecule has 0 spiro atoms. The van der Waals surface area contributed by atoms with Crippen LogP contribution in [0.4, 0.5) is 0 Å². The van der Waals surface area contributed by atoms with Crippen LogP contribution in [-0.2, 0) is 11.2 Å². The number of hydrogen-bond donors (Lipinski definition) is 0. The van der Waals surface area contributed by atoms with Crippen LogP contribution in [0.5, 0.6) is 5.75 Å². The molecule has 1 aliphatic carbocycles. The molecular formula is C19H28O2. The van der Waals surface area contributed by atoms with Crippen LogP contribution >= 0.6 is 0 Å². The molecule has 2 nitrogen and oxygen atoms in total. The first kappa shape index (κ1) is 16.1. The van der Waals surface area contributed by atoms with Crippen molar-refractivity contribution in [2.45, 2.75) is 58.3 Å². The van der Waals surface area contributed by atoms with Gasteiger partial charge in [-0.15, -0.1) is 0 Å². The fourth-order valence-corrected chi connectivity index (χ4v) is 3.45. The predicted octanol–water partition coefficient (Wildman–Crippen LogP) is 4.80. The molecule has 116 valence electrons. The largest absolute Gasteiger partial charge is 0.497 e. The fourth-order valence-electron chi connectivity index (χ4n) is 3.45. The normalized spacial score (nSPS) is 22.0. The van der Waals surface area contributed by atoms with Gasteiger partial charge in [0.25, 0.3) is 0 Å². The fraction of sp³-hybridized carbons (Fsp3) is 0.632. The van der Waals surface area contributed by atoms with Gasteiger partial charge >= 0.3 is 0 Å². The number of carbonyl (C=O) groups is 1. The van der Waals surface area contributed by atoms with Gasteiger partial charge in [0.05, 0.1) is 7.11 Å². The molecule has 0 saturated heterocycles. The number of ether oxygens (including phenoxy) is 1. The van der Waals surface area contributed by atoms with Crippen molar-refractivity contribution in [2.75, 3.05) is 7.11 Å². The van der Waals surface area contributed by atoms with Crippen molar-refractivity contribution >= 4 is 5.78 Å². The summed E-state index contributed by atoms with van der Waals surface area (Å²) in [7, 11) is 1.67. The molecule has 0 heterocycles. The summed E-state index contributed by atoms with van der Waals surface area (Å²) in [4.78, 5) is 12.3. The third-order valence-corrected chi connectivity index (χ3v) is 4.82. The van der Waals surface area contributed by atoms with Crippen LogP contribution in [0, 0.1) is 11.8 Å². The Balaban J connectivity index is 1.74. The molecule has 1 fully saturated rings. The van der Waals surface area contributed by atoms with Crippen molar-refractivity contribution in [3.05, 3.63) is 29.8 Å². The highest BCUT2D eigenvalue weighted by Gasteiger charge is 2.25.